The van der Waals surface area contributed by atoms with Crippen molar-refractivity contribution in [1.82, 2.24) is 24.8 Å². The number of rotatable bonds is 5. The van der Waals surface area contributed by atoms with Gasteiger partial charge in [-0.15, -0.1) is 0 Å². The molecular formula is C21H25N5O3. The van der Waals surface area contributed by atoms with Crippen molar-refractivity contribution >= 4 is 5.91 Å². The van der Waals surface area contributed by atoms with Gasteiger partial charge in [-0.25, -0.2) is 0 Å². The molecule has 0 N–H and O–H groups in total. The molecule has 1 aliphatic heterocycles. The van der Waals surface area contributed by atoms with Gasteiger partial charge in [-0.2, -0.15) is 10.1 Å². The van der Waals surface area contributed by atoms with Crippen molar-refractivity contribution in [3.05, 3.63) is 59.0 Å². The van der Waals surface area contributed by atoms with Gasteiger partial charge in [0.2, 0.25) is 0 Å². The van der Waals surface area contributed by atoms with Crippen molar-refractivity contribution in [2.45, 2.75) is 39.2 Å². The lowest BCUT2D eigenvalue weighted by Gasteiger charge is -2.30. The van der Waals surface area contributed by atoms with Crippen LogP contribution in [0, 0.1) is 13.8 Å². The number of carbonyl (C=O) groups excluding carboxylic acids is 1. The number of benzene rings is 1. The van der Waals surface area contributed by atoms with Crippen LogP contribution in [-0.4, -0.2) is 43.8 Å². The van der Waals surface area contributed by atoms with Crippen LogP contribution in [0.15, 0.2) is 34.9 Å². The van der Waals surface area contributed by atoms with Crippen LogP contribution in [0.1, 0.15) is 52.2 Å². The third kappa shape index (κ3) is 4.31. The second-order valence-electron chi connectivity index (χ2n) is 7.51. The van der Waals surface area contributed by atoms with Gasteiger partial charge >= 0.3 is 0 Å². The standard InChI is InChI=1S/C21H25N5O3/c1-14-4-6-17(7-5-14)28-13-19-22-20(24-29-19)16-8-10-26(11-9-16)21(27)18-12-15(2)25(3)23-18/h4-7,12,16H,8-11,13H2,1-3H3. The molecule has 0 unspecified atom stereocenters. The van der Waals surface area contributed by atoms with E-state index in [2.05, 4.69) is 15.2 Å². The molecule has 1 amide bonds. The molecule has 0 spiro atoms. The fourth-order valence-electron chi connectivity index (χ4n) is 3.44. The molecule has 152 valence electrons. The number of aromatic nitrogens is 4. The van der Waals surface area contributed by atoms with Crippen molar-refractivity contribution in [3.63, 3.8) is 0 Å². The lowest BCUT2D eigenvalue weighted by atomic mass is 9.96. The lowest BCUT2D eigenvalue weighted by molar-refractivity contribution is 0.0704. The van der Waals surface area contributed by atoms with E-state index in [0.29, 0.717) is 30.5 Å². The maximum absolute atomic E-state index is 12.6. The summed E-state index contributed by atoms with van der Waals surface area (Å²) in [5.41, 5.74) is 2.65. The van der Waals surface area contributed by atoms with Gasteiger partial charge in [0, 0.05) is 31.7 Å². The number of nitrogens with zero attached hydrogens (tertiary/aromatic N) is 5. The Morgan fingerprint density at radius 2 is 1.93 bits per heavy atom. The van der Waals surface area contributed by atoms with Gasteiger partial charge in [0.25, 0.3) is 11.8 Å². The highest BCUT2D eigenvalue weighted by Crippen LogP contribution is 2.27. The summed E-state index contributed by atoms with van der Waals surface area (Å²) in [5, 5.41) is 8.41. The zero-order chi connectivity index (χ0) is 20.4. The topological polar surface area (TPSA) is 86.3 Å². The molecule has 4 rings (SSSR count). The van der Waals surface area contributed by atoms with Crippen molar-refractivity contribution < 1.29 is 14.1 Å². The Morgan fingerprint density at radius 1 is 1.21 bits per heavy atom. The predicted octanol–water partition coefficient (Wildman–Crippen LogP) is 3.02. The summed E-state index contributed by atoms with van der Waals surface area (Å²) in [7, 11) is 1.84. The van der Waals surface area contributed by atoms with Gasteiger partial charge in [-0.1, -0.05) is 22.9 Å². The molecule has 2 aromatic heterocycles. The number of piperidine rings is 1. The second kappa shape index (κ2) is 8.06. The van der Waals surface area contributed by atoms with E-state index in [1.54, 1.807) is 4.68 Å². The minimum absolute atomic E-state index is 0.0209. The number of amides is 1. The summed E-state index contributed by atoms with van der Waals surface area (Å²) in [6.07, 6.45) is 1.60. The van der Waals surface area contributed by atoms with Gasteiger partial charge < -0.3 is 14.2 Å². The van der Waals surface area contributed by atoms with Crippen LogP contribution in [0.4, 0.5) is 0 Å². The first-order valence-corrected chi connectivity index (χ1v) is 9.81. The second-order valence-corrected chi connectivity index (χ2v) is 7.51. The van der Waals surface area contributed by atoms with Crippen LogP contribution in [0.3, 0.4) is 0 Å². The van der Waals surface area contributed by atoms with Crippen LogP contribution in [0.25, 0.3) is 0 Å². The highest BCUT2D eigenvalue weighted by atomic mass is 16.5. The highest BCUT2D eigenvalue weighted by molar-refractivity contribution is 5.92. The maximum atomic E-state index is 12.6. The molecule has 8 heteroatoms. The van der Waals surface area contributed by atoms with Gasteiger partial charge in [-0.3, -0.25) is 9.48 Å². The van der Waals surface area contributed by atoms with Gasteiger partial charge in [-0.05, 0) is 44.9 Å². The first-order valence-electron chi connectivity index (χ1n) is 9.81. The number of hydrogen-bond donors (Lipinski definition) is 0. The number of likely N-dealkylation sites (tertiary alicyclic amines) is 1. The Balaban J connectivity index is 1.31. The Hall–Kier alpha value is -3.16. The SMILES string of the molecule is Cc1ccc(OCc2nc(C3CCN(C(=O)c4cc(C)n(C)n4)CC3)no2)cc1. The molecule has 8 nitrogen and oxygen atoms in total. The molecule has 1 aromatic carbocycles. The van der Waals surface area contributed by atoms with Gasteiger partial charge in [0.1, 0.15) is 5.75 Å². The Bertz CT molecular complexity index is 965. The number of hydrogen-bond acceptors (Lipinski definition) is 6. The molecule has 29 heavy (non-hydrogen) atoms. The fourth-order valence-corrected chi connectivity index (χ4v) is 3.44. The van der Waals surface area contributed by atoms with Crippen molar-refractivity contribution in [1.29, 1.82) is 0 Å². The maximum Gasteiger partial charge on any atom is 0.274 e. The molecule has 0 aliphatic carbocycles. The lowest BCUT2D eigenvalue weighted by Crippen LogP contribution is -2.38. The van der Waals surface area contributed by atoms with Crippen molar-refractivity contribution in [2.75, 3.05) is 13.1 Å². The Morgan fingerprint density at radius 3 is 2.59 bits per heavy atom. The van der Waals surface area contributed by atoms with Crippen LogP contribution in [-0.2, 0) is 13.7 Å². The zero-order valence-electron chi connectivity index (χ0n) is 17.0. The zero-order valence-corrected chi connectivity index (χ0v) is 17.0. The average molecular weight is 395 g/mol. The summed E-state index contributed by atoms with van der Waals surface area (Å²) < 4.78 is 12.8. The first kappa shape index (κ1) is 19.2. The van der Waals surface area contributed by atoms with Crippen LogP contribution >= 0.6 is 0 Å². The summed E-state index contributed by atoms with van der Waals surface area (Å²) >= 11 is 0. The fraction of sp³-hybridized carbons (Fsp3) is 0.429. The molecule has 0 saturated carbocycles. The van der Waals surface area contributed by atoms with E-state index in [1.165, 1.54) is 5.56 Å². The molecule has 1 fully saturated rings. The third-order valence-electron chi connectivity index (χ3n) is 5.35. The predicted molar refractivity (Wildman–Crippen MR) is 106 cm³/mol. The summed E-state index contributed by atoms with van der Waals surface area (Å²) in [6.45, 7) is 5.52. The highest BCUT2D eigenvalue weighted by Gasteiger charge is 2.28. The van der Waals surface area contributed by atoms with Crippen LogP contribution in [0.2, 0.25) is 0 Å². The first-order chi connectivity index (χ1) is 14.0. The van der Waals surface area contributed by atoms with E-state index in [4.69, 9.17) is 9.26 Å². The van der Waals surface area contributed by atoms with Crippen LogP contribution in [0.5, 0.6) is 5.75 Å². The smallest absolute Gasteiger partial charge is 0.274 e. The monoisotopic (exact) mass is 395 g/mol. The summed E-state index contributed by atoms with van der Waals surface area (Å²) in [4.78, 5) is 19.0. The largest absolute Gasteiger partial charge is 0.484 e. The molecule has 1 aliphatic rings. The number of ether oxygens (including phenoxy) is 1. The third-order valence-corrected chi connectivity index (χ3v) is 5.35. The van der Waals surface area contributed by atoms with Crippen molar-refractivity contribution in [3.8, 4) is 5.75 Å². The van der Waals surface area contributed by atoms with E-state index in [-0.39, 0.29) is 18.4 Å². The molecule has 0 bridgehead atoms. The Kier molecular flexibility index (Phi) is 5.33. The molecular weight excluding hydrogens is 370 g/mol. The van der Waals surface area contributed by atoms with Crippen LogP contribution < -0.4 is 4.74 Å². The van der Waals surface area contributed by atoms with E-state index < -0.39 is 0 Å². The quantitative estimate of drug-likeness (QED) is 0.660. The van der Waals surface area contributed by atoms with E-state index in [9.17, 15) is 4.79 Å². The van der Waals surface area contributed by atoms with Gasteiger partial charge in [0.15, 0.2) is 18.1 Å². The minimum atomic E-state index is -0.0209. The van der Waals surface area contributed by atoms with E-state index in [0.717, 1.165) is 24.3 Å². The molecule has 1 saturated heterocycles. The normalized spacial score (nSPS) is 14.9. The molecule has 0 atom stereocenters. The molecule has 3 heterocycles. The molecule has 0 radical (unpaired) electrons. The van der Waals surface area contributed by atoms with Gasteiger partial charge in [0.05, 0.1) is 0 Å². The summed E-state index contributed by atoms with van der Waals surface area (Å²) in [5.74, 6) is 2.08. The molecule has 3 aromatic rings. The average Bonchev–Trinajstić information content (AvgIpc) is 3.34. The van der Waals surface area contributed by atoms with E-state index in [1.807, 2.05) is 56.1 Å². The van der Waals surface area contributed by atoms with E-state index >= 15 is 0 Å². The summed E-state index contributed by atoms with van der Waals surface area (Å²) in [6, 6.07) is 9.66. The van der Waals surface area contributed by atoms with Crippen molar-refractivity contribution in [2.24, 2.45) is 7.05 Å². The number of aryl methyl sites for hydroxylation is 3. The minimum Gasteiger partial charge on any atom is -0.484 e. The number of carbonyl (C=O) groups is 1. The Labute approximate surface area is 169 Å².